The van der Waals surface area contributed by atoms with E-state index in [-0.39, 0.29) is 24.7 Å². The standard InChI is InChI=1S/C28H30Cl2FN3O4S/c1-19(2)32-28(36)26(15-20-7-5-4-6-8-20)33(17-21-9-10-22(29)16-25(21)30)27(35)18-34(39(3,37)38)24-13-11-23(31)12-14-24/h4-14,16,19,26H,15,17-18H2,1-3H3,(H,32,36). The topological polar surface area (TPSA) is 86.8 Å². The maximum absolute atomic E-state index is 13.9. The Hall–Kier alpha value is -3.14. The fraction of sp³-hybridized carbons (Fsp3) is 0.286. The quantitative estimate of drug-likeness (QED) is 0.336. The molecule has 0 aliphatic heterocycles. The summed E-state index contributed by atoms with van der Waals surface area (Å²) in [6, 6.07) is 17.5. The molecule has 11 heteroatoms. The molecule has 1 unspecified atom stereocenters. The molecule has 0 aromatic heterocycles. The highest BCUT2D eigenvalue weighted by atomic mass is 35.5. The van der Waals surface area contributed by atoms with Crippen LogP contribution in [-0.4, -0.2) is 50.0 Å². The molecule has 0 aliphatic rings. The van der Waals surface area contributed by atoms with Crippen molar-refractivity contribution >= 4 is 50.7 Å². The van der Waals surface area contributed by atoms with E-state index in [2.05, 4.69) is 5.32 Å². The number of sulfonamides is 1. The number of carbonyl (C=O) groups is 2. The lowest BCUT2D eigenvalue weighted by atomic mass is 10.0. The van der Waals surface area contributed by atoms with Crippen LogP contribution in [-0.2, 0) is 32.6 Å². The number of amides is 2. The Balaban J connectivity index is 2.07. The van der Waals surface area contributed by atoms with Gasteiger partial charge in [0.1, 0.15) is 18.4 Å². The molecule has 0 aliphatic carbocycles. The molecule has 0 spiro atoms. The summed E-state index contributed by atoms with van der Waals surface area (Å²) in [6.45, 7) is 2.91. The van der Waals surface area contributed by atoms with Crippen molar-refractivity contribution in [3.63, 3.8) is 0 Å². The minimum Gasteiger partial charge on any atom is -0.352 e. The smallest absolute Gasteiger partial charge is 0.244 e. The highest BCUT2D eigenvalue weighted by Gasteiger charge is 2.33. The lowest BCUT2D eigenvalue weighted by Crippen LogP contribution is -2.54. The fourth-order valence-electron chi connectivity index (χ4n) is 3.99. The molecule has 0 saturated carbocycles. The molecule has 0 saturated heterocycles. The van der Waals surface area contributed by atoms with Gasteiger partial charge in [0, 0.05) is 29.1 Å². The van der Waals surface area contributed by atoms with Gasteiger partial charge in [-0.25, -0.2) is 12.8 Å². The van der Waals surface area contributed by atoms with E-state index in [9.17, 15) is 22.4 Å². The van der Waals surface area contributed by atoms with E-state index in [1.165, 1.54) is 23.1 Å². The molecule has 1 atom stereocenters. The molecular formula is C28H30Cl2FN3O4S. The van der Waals surface area contributed by atoms with Crippen molar-refractivity contribution in [3.05, 3.63) is 99.8 Å². The predicted molar refractivity (Wildman–Crippen MR) is 153 cm³/mol. The largest absolute Gasteiger partial charge is 0.352 e. The zero-order valence-corrected chi connectivity index (χ0v) is 24.1. The minimum absolute atomic E-state index is 0.0845. The van der Waals surface area contributed by atoms with E-state index in [1.807, 2.05) is 30.3 Å². The van der Waals surface area contributed by atoms with Gasteiger partial charge in [-0.05, 0) is 61.4 Å². The summed E-state index contributed by atoms with van der Waals surface area (Å²) in [7, 11) is -3.95. The van der Waals surface area contributed by atoms with Crippen LogP contribution >= 0.6 is 23.2 Å². The van der Waals surface area contributed by atoms with Crippen molar-refractivity contribution in [3.8, 4) is 0 Å². The Labute approximate surface area is 238 Å². The van der Waals surface area contributed by atoms with Crippen molar-refractivity contribution in [2.24, 2.45) is 0 Å². The first-order valence-electron chi connectivity index (χ1n) is 12.2. The summed E-state index contributed by atoms with van der Waals surface area (Å²) in [5.74, 6) is -1.60. The lowest BCUT2D eigenvalue weighted by Gasteiger charge is -2.34. The molecule has 3 aromatic rings. The first-order valence-corrected chi connectivity index (χ1v) is 14.8. The minimum atomic E-state index is -3.95. The van der Waals surface area contributed by atoms with Crippen LogP contribution in [0.5, 0.6) is 0 Å². The summed E-state index contributed by atoms with van der Waals surface area (Å²) in [5.41, 5.74) is 1.44. The predicted octanol–water partition coefficient (Wildman–Crippen LogP) is 5.06. The number of carbonyl (C=O) groups excluding carboxylic acids is 2. The summed E-state index contributed by atoms with van der Waals surface area (Å²) in [6.07, 6.45) is 1.13. The van der Waals surface area contributed by atoms with Crippen molar-refractivity contribution in [1.29, 1.82) is 0 Å². The molecule has 0 heterocycles. The molecule has 3 aromatic carbocycles. The fourth-order valence-corrected chi connectivity index (χ4v) is 5.31. The van der Waals surface area contributed by atoms with E-state index < -0.39 is 40.2 Å². The second-order valence-corrected chi connectivity index (χ2v) is 12.1. The molecule has 208 valence electrons. The molecule has 3 rings (SSSR count). The first-order chi connectivity index (χ1) is 18.3. The maximum atomic E-state index is 13.9. The van der Waals surface area contributed by atoms with Crippen molar-refractivity contribution in [1.82, 2.24) is 10.2 Å². The Kier molecular flexibility index (Phi) is 10.4. The molecule has 1 N–H and O–H groups in total. The van der Waals surface area contributed by atoms with Crippen LogP contribution in [0.25, 0.3) is 0 Å². The Bertz CT molecular complexity index is 1400. The van der Waals surface area contributed by atoms with E-state index in [1.54, 1.807) is 26.0 Å². The van der Waals surface area contributed by atoms with Crippen LogP contribution in [0.4, 0.5) is 10.1 Å². The number of nitrogens with one attached hydrogen (secondary N) is 1. The molecule has 0 radical (unpaired) electrons. The number of halogens is 3. The summed E-state index contributed by atoms with van der Waals surface area (Å²) in [5, 5.41) is 3.56. The molecule has 39 heavy (non-hydrogen) atoms. The van der Waals surface area contributed by atoms with Crippen LogP contribution in [0, 0.1) is 5.82 Å². The number of rotatable bonds is 11. The summed E-state index contributed by atoms with van der Waals surface area (Å²) >= 11 is 12.5. The van der Waals surface area contributed by atoms with Gasteiger partial charge in [0.2, 0.25) is 21.8 Å². The van der Waals surface area contributed by atoms with Crippen molar-refractivity contribution < 1.29 is 22.4 Å². The lowest BCUT2D eigenvalue weighted by molar-refractivity contribution is -0.140. The zero-order chi connectivity index (χ0) is 28.7. The van der Waals surface area contributed by atoms with Crippen molar-refractivity contribution in [2.45, 2.75) is 38.9 Å². The zero-order valence-electron chi connectivity index (χ0n) is 21.8. The number of anilines is 1. The number of nitrogens with zero attached hydrogens (tertiary/aromatic N) is 2. The number of hydrogen-bond donors (Lipinski definition) is 1. The van der Waals surface area contributed by atoms with Gasteiger partial charge in [0.05, 0.1) is 11.9 Å². The van der Waals surface area contributed by atoms with Crippen LogP contribution < -0.4 is 9.62 Å². The van der Waals surface area contributed by atoms with Crippen molar-refractivity contribution in [2.75, 3.05) is 17.1 Å². The van der Waals surface area contributed by atoms with E-state index in [4.69, 9.17) is 23.2 Å². The highest BCUT2D eigenvalue weighted by Crippen LogP contribution is 2.25. The SMILES string of the molecule is CC(C)NC(=O)C(Cc1ccccc1)N(Cc1ccc(Cl)cc1Cl)C(=O)CN(c1ccc(F)cc1)S(C)(=O)=O. The molecule has 2 amide bonds. The van der Waals surface area contributed by atoms with Crippen LogP contribution in [0.3, 0.4) is 0 Å². The van der Waals surface area contributed by atoms with E-state index >= 15 is 0 Å². The summed E-state index contributed by atoms with van der Waals surface area (Å²) < 4.78 is 39.8. The molecule has 0 bridgehead atoms. The van der Waals surface area contributed by atoms with Crippen LogP contribution in [0.1, 0.15) is 25.0 Å². The van der Waals surface area contributed by atoms with Crippen LogP contribution in [0.15, 0.2) is 72.8 Å². The third-order valence-electron chi connectivity index (χ3n) is 5.85. The Morgan fingerprint density at radius 2 is 1.62 bits per heavy atom. The van der Waals surface area contributed by atoms with Gasteiger partial charge in [-0.1, -0.05) is 59.6 Å². The second-order valence-electron chi connectivity index (χ2n) is 9.37. The van der Waals surface area contributed by atoms with Gasteiger partial charge in [-0.3, -0.25) is 13.9 Å². The maximum Gasteiger partial charge on any atom is 0.244 e. The monoisotopic (exact) mass is 593 g/mol. The van der Waals surface area contributed by atoms with Gasteiger partial charge in [0.25, 0.3) is 0 Å². The van der Waals surface area contributed by atoms with E-state index in [0.717, 1.165) is 28.3 Å². The van der Waals surface area contributed by atoms with E-state index in [0.29, 0.717) is 15.6 Å². The highest BCUT2D eigenvalue weighted by molar-refractivity contribution is 7.92. The Morgan fingerprint density at radius 1 is 0.974 bits per heavy atom. The van der Waals surface area contributed by atoms with Gasteiger partial charge in [-0.15, -0.1) is 0 Å². The molecular weight excluding hydrogens is 564 g/mol. The average molecular weight is 595 g/mol. The normalized spacial score (nSPS) is 12.2. The average Bonchev–Trinajstić information content (AvgIpc) is 2.86. The van der Waals surface area contributed by atoms with Gasteiger partial charge in [-0.2, -0.15) is 0 Å². The molecule has 7 nitrogen and oxygen atoms in total. The second kappa shape index (κ2) is 13.3. The van der Waals surface area contributed by atoms with Crippen LogP contribution in [0.2, 0.25) is 10.0 Å². The van der Waals surface area contributed by atoms with Gasteiger partial charge in [0.15, 0.2) is 0 Å². The third kappa shape index (κ3) is 8.68. The number of hydrogen-bond acceptors (Lipinski definition) is 4. The van der Waals surface area contributed by atoms with Gasteiger partial charge < -0.3 is 10.2 Å². The summed E-state index contributed by atoms with van der Waals surface area (Å²) in [4.78, 5) is 28.8. The van der Waals surface area contributed by atoms with Gasteiger partial charge >= 0.3 is 0 Å². The first kappa shape index (κ1) is 30.4. The number of benzene rings is 3. The third-order valence-corrected chi connectivity index (χ3v) is 7.58. The Morgan fingerprint density at radius 3 is 2.18 bits per heavy atom. The molecule has 0 fully saturated rings.